The summed E-state index contributed by atoms with van der Waals surface area (Å²) < 4.78 is 42.3. The Morgan fingerprint density at radius 2 is 1.67 bits per heavy atom. The average Bonchev–Trinajstić information content (AvgIpc) is 2.43. The molecule has 0 amide bonds. The first kappa shape index (κ1) is 16.0. The first-order valence-corrected chi connectivity index (χ1v) is 7.37. The average molecular weight is 358 g/mol. The van der Waals surface area contributed by atoms with Crippen molar-refractivity contribution >= 4 is 15.9 Å². The van der Waals surface area contributed by atoms with Crippen molar-refractivity contribution in [3.05, 3.63) is 68.9 Å². The summed E-state index contributed by atoms with van der Waals surface area (Å²) >= 11 is 3.28. The number of rotatable bonds is 4. The van der Waals surface area contributed by atoms with Gasteiger partial charge in [-0.15, -0.1) is 0 Å². The second kappa shape index (κ2) is 6.62. The highest BCUT2D eigenvalue weighted by Gasteiger charge is 2.22. The molecular formula is C16H15BrF3N. The highest BCUT2D eigenvalue weighted by molar-refractivity contribution is 9.10. The predicted octanol–water partition coefficient (Wildman–Crippen LogP) is 4.87. The van der Waals surface area contributed by atoms with Crippen LogP contribution >= 0.6 is 15.9 Å². The molecule has 5 heteroatoms. The molecule has 0 fully saturated rings. The Bertz CT molecular complexity index is 658. The SMILES string of the molecule is CCNC(c1cc(Br)ccc1F)c1cc(C)c(F)cc1F. The lowest BCUT2D eigenvalue weighted by Gasteiger charge is -2.21. The smallest absolute Gasteiger partial charge is 0.131 e. The molecule has 1 unspecified atom stereocenters. The van der Waals surface area contributed by atoms with Crippen LogP contribution in [0, 0.1) is 24.4 Å². The third-order valence-corrected chi connectivity index (χ3v) is 3.76. The molecule has 0 saturated heterocycles. The van der Waals surface area contributed by atoms with Crippen molar-refractivity contribution in [2.75, 3.05) is 6.54 Å². The second-order valence-electron chi connectivity index (χ2n) is 4.78. The van der Waals surface area contributed by atoms with Gasteiger partial charge in [0.15, 0.2) is 0 Å². The van der Waals surface area contributed by atoms with E-state index in [1.54, 1.807) is 19.1 Å². The highest BCUT2D eigenvalue weighted by Crippen LogP contribution is 2.30. The zero-order chi connectivity index (χ0) is 15.6. The molecule has 0 heterocycles. The Morgan fingerprint density at radius 1 is 1.00 bits per heavy atom. The fourth-order valence-electron chi connectivity index (χ4n) is 2.23. The Hall–Kier alpha value is -1.33. The largest absolute Gasteiger partial charge is 0.306 e. The van der Waals surface area contributed by atoms with Gasteiger partial charge in [-0.2, -0.15) is 0 Å². The van der Waals surface area contributed by atoms with Crippen molar-refractivity contribution in [2.24, 2.45) is 0 Å². The number of nitrogens with one attached hydrogen (secondary N) is 1. The van der Waals surface area contributed by atoms with Crippen molar-refractivity contribution in [3.8, 4) is 0 Å². The van der Waals surface area contributed by atoms with E-state index in [1.807, 2.05) is 6.92 Å². The van der Waals surface area contributed by atoms with E-state index in [9.17, 15) is 13.2 Å². The minimum Gasteiger partial charge on any atom is -0.306 e. The predicted molar refractivity (Wildman–Crippen MR) is 80.7 cm³/mol. The monoisotopic (exact) mass is 357 g/mol. The van der Waals surface area contributed by atoms with E-state index in [2.05, 4.69) is 21.2 Å². The van der Waals surface area contributed by atoms with Crippen LogP contribution in [-0.4, -0.2) is 6.54 Å². The number of hydrogen-bond donors (Lipinski definition) is 1. The zero-order valence-corrected chi connectivity index (χ0v) is 13.3. The molecular weight excluding hydrogens is 343 g/mol. The first-order chi connectivity index (χ1) is 9.93. The zero-order valence-electron chi connectivity index (χ0n) is 11.7. The lowest BCUT2D eigenvalue weighted by atomic mass is 9.96. The van der Waals surface area contributed by atoms with Gasteiger partial charge in [0.1, 0.15) is 17.5 Å². The maximum Gasteiger partial charge on any atom is 0.131 e. The van der Waals surface area contributed by atoms with Gasteiger partial charge >= 0.3 is 0 Å². The molecule has 1 N–H and O–H groups in total. The minimum atomic E-state index is -0.691. The van der Waals surface area contributed by atoms with Crippen molar-refractivity contribution in [1.29, 1.82) is 0 Å². The maximum absolute atomic E-state index is 14.1. The van der Waals surface area contributed by atoms with E-state index in [-0.39, 0.29) is 5.56 Å². The van der Waals surface area contributed by atoms with Crippen LogP contribution in [0.4, 0.5) is 13.2 Å². The summed E-state index contributed by atoms with van der Waals surface area (Å²) in [4.78, 5) is 0. The molecule has 0 aromatic heterocycles. The summed E-state index contributed by atoms with van der Waals surface area (Å²) in [5, 5.41) is 3.05. The van der Waals surface area contributed by atoms with Crippen molar-refractivity contribution in [3.63, 3.8) is 0 Å². The fourth-order valence-corrected chi connectivity index (χ4v) is 2.61. The van der Waals surface area contributed by atoms with E-state index < -0.39 is 23.5 Å². The number of halogens is 4. The lowest BCUT2D eigenvalue weighted by molar-refractivity contribution is 0.519. The highest BCUT2D eigenvalue weighted by atomic mass is 79.9. The van der Waals surface area contributed by atoms with E-state index in [0.29, 0.717) is 22.1 Å². The van der Waals surface area contributed by atoms with Crippen LogP contribution in [-0.2, 0) is 0 Å². The normalized spacial score (nSPS) is 12.5. The molecule has 1 atom stereocenters. The minimum absolute atomic E-state index is 0.229. The summed E-state index contributed by atoms with van der Waals surface area (Å²) in [6, 6.07) is 6.07. The van der Waals surface area contributed by atoms with Crippen LogP contribution in [0.3, 0.4) is 0 Å². The van der Waals surface area contributed by atoms with Gasteiger partial charge in [0.2, 0.25) is 0 Å². The summed E-state index contributed by atoms with van der Waals surface area (Å²) in [5.41, 5.74) is 0.869. The molecule has 0 saturated carbocycles. The van der Waals surface area contributed by atoms with Gasteiger partial charge in [-0.3, -0.25) is 0 Å². The molecule has 0 aliphatic carbocycles. The topological polar surface area (TPSA) is 12.0 Å². The quantitative estimate of drug-likeness (QED) is 0.822. The van der Waals surface area contributed by atoms with E-state index >= 15 is 0 Å². The van der Waals surface area contributed by atoms with Crippen LogP contribution in [0.25, 0.3) is 0 Å². The van der Waals surface area contributed by atoms with Gasteiger partial charge in [0.25, 0.3) is 0 Å². The third-order valence-electron chi connectivity index (χ3n) is 3.27. The number of benzene rings is 2. The van der Waals surface area contributed by atoms with E-state index in [4.69, 9.17) is 0 Å². The molecule has 2 rings (SSSR count). The standard InChI is InChI=1S/C16H15BrF3N/c1-3-21-16(12-7-10(17)4-5-13(12)18)11-6-9(2)14(19)8-15(11)20/h4-8,16,21H,3H2,1-2H3. The molecule has 2 aromatic carbocycles. The molecule has 2 aromatic rings. The Labute approximate surface area is 130 Å². The van der Waals surface area contributed by atoms with Gasteiger partial charge < -0.3 is 5.32 Å². The second-order valence-corrected chi connectivity index (χ2v) is 5.70. The molecule has 1 nitrogen and oxygen atoms in total. The molecule has 21 heavy (non-hydrogen) atoms. The van der Waals surface area contributed by atoms with Crippen LogP contribution in [0.5, 0.6) is 0 Å². The van der Waals surface area contributed by atoms with Crippen LogP contribution in [0.15, 0.2) is 34.8 Å². The molecule has 0 spiro atoms. The summed E-state index contributed by atoms with van der Waals surface area (Å²) in [7, 11) is 0. The molecule has 112 valence electrons. The van der Waals surface area contributed by atoms with E-state index in [1.165, 1.54) is 12.1 Å². The summed E-state index contributed by atoms with van der Waals surface area (Å²) in [6.07, 6.45) is 0. The molecule has 0 bridgehead atoms. The molecule has 0 radical (unpaired) electrons. The van der Waals surface area contributed by atoms with Gasteiger partial charge in [-0.05, 0) is 43.3 Å². The van der Waals surface area contributed by atoms with Gasteiger partial charge in [-0.25, -0.2) is 13.2 Å². The van der Waals surface area contributed by atoms with Gasteiger partial charge in [-0.1, -0.05) is 22.9 Å². The van der Waals surface area contributed by atoms with Crippen molar-refractivity contribution < 1.29 is 13.2 Å². The molecule has 0 aliphatic heterocycles. The number of aryl methyl sites for hydroxylation is 1. The Kier molecular flexibility index (Phi) is 5.06. The summed E-state index contributed by atoms with van der Waals surface area (Å²) in [6.45, 7) is 3.92. The van der Waals surface area contributed by atoms with Crippen LogP contribution in [0.2, 0.25) is 0 Å². The van der Waals surface area contributed by atoms with Crippen molar-refractivity contribution in [1.82, 2.24) is 5.32 Å². The van der Waals surface area contributed by atoms with Crippen LogP contribution < -0.4 is 5.32 Å². The number of hydrogen-bond acceptors (Lipinski definition) is 1. The van der Waals surface area contributed by atoms with Gasteiger partial charge in [0, 0.05) is 21.7 Å². The maximum atomic E-state index is 14.1. The van der Waals surface area contributed by atoms with Crippen LogP contribution in [0.1, 0.15) is 29.7 Å². The summed E-state index contributed by atoms with van der Waals surface area (Å²) in [5.74, 6) is -1.74. The first-order valence-electron chi connectivity index (χ1n) is 6.58. The van der Waals surface area contributed by atoms with Gasteiger partial charge in [0.05, 0.1) is 6.04 Å². The Balaban J connectivity index is 2.58. The van der Waals surface area contributed by atoms with Crippen molar-refractivity contribution in [2.45, 2.75) is 19.9 Å². The Morgan fingerprint density at radius 3 is 2.33 bits per heavy atom. The molecule has 0 aliphatic rings. The lowest BCUT2D eigenvalue weighted by Crippen LogP contribution is -2.24. The van der Waals surface area contributed by atoms with E-state index in [0.717, 1.165) is 6.07 Å². The fraction of sp³-hybridized carbons (Fsp3) is 0.250. The third kappa shape index (κ3) is 3.47.